The second-order valence-corrected chi connectivity index (χ2v) is 9.38. The van der Waals surface area contributed by atoms with Gasteiger partial charge in [0.15, 0.2) is 3.55 Å². The molecule has 19 heavy (non-hydrogen) atoms. The number of nitrogens with zero attached hydrogens (tertiary/aromatic N) is 1. The van der Waals surface area contributed by atoms with Crippen LogP contribution in [0.4, 0.5) is 0 Å². The highest BCUT2D eigenvalue weighted by atomic mass is 127. The van der Waals surface area contributed by atoms with Crippen molar-refractivity contribution in [3.8, 4) is 0 Å². The highest BCUT2D eigenvalue weighted by Crippen LogP contribution is 2.35. The van der Waals surface area contributed by atoms with Crippen molar-refractivity contribution >= 4 is 45.6 Å². The summed E-state index contributed by atoms with van der Waals surface area (Å²) in [4.78, 5) is 4.33. The Morgan fingerprint density at radius 1 is 1.58 bits per heavy atom. The van der Waals surface area contributed by atoms with Gasteiger partial charge in [0, 0.05) is 29.0 Å². The molecule has 1 aromatic heterocycles. The average molecular weight is 413 g/mol. The third-order valence-corrected chi connectivity index (χ3v) is 5.87. The zero-order valence-electron chi connectivity index (χ0n) is 11.2. The monoisotopic (exact) mass is 412 g/mol. The van der Waals surface area contributed by atoms with Gasteiger partial charge in [0.05, 0.1) is 5.69 Å². The molecule has 0 radical (unpaired) electrons. The van der Waals surface area contributed by atoms with Crippen LogP contribution in [0.15, 0.2) is 31.0 Å². The Labute approximate surface area is 136 Å². The summed E-state index contributed by atoms with van der Waals surface area (Å²) in [6.07, 6.45) is 4.03. The molecule has 0 spiro atoms. The topological polar surface area (TPSA) is 48.0 Å². The lowest BCUT2D eigenvalue weighted by Crippen LogP contribution is -2.48. The number of halogens is 2. The van der Waals surface area contributed by atoms with Crippen LogP contribution in [-0.4, -0.2) is 14.3 Å². The number of hydrogen-bond donors (Lipinski definition) is 1. The van der Waals surface area contributed by atoms with E-state index in [9.17, 15) is 4.55 Å². The Morgan fingerprint density at radius 3 is 2.68 bits per heavy atom. The van der Waals surface area contributed by atoms with E-state index in [1.165, 1.54) is 0 Å². The summed E-state index contributed by atoms with van der Waals surface area (Å²) in [5, 5.41) is 0.610. The fraction of sp³-hybridized carbons (Fsp3) is 0.462. The molecule has 6 heteroatoms. The largest absolute Gasteiger partial charge is 0.598 e. The first-order valence-corrected chi connectivity index (χ1v) is 8.41. The minimum Gasteiger partial charge on any atom is -0.598 e. The minimum atomic E-state index is -1.20. The van der Waals surface area contributed by atoms with Gasteiger partial charge in [-0.15, -0.1) is 11.3 Å². The SMILES string of the molecule is C=CCC(I)(N[S@@+]([O-])C(C)(C)C)c1cc(Cl)ccn1. The van der Waals surface area contributed by atoms with E-state index in [1.54, 1.807) is 24.4 Å². The average Bonchev–Trinajstić information content (AvgIpc) is 2.28. The summed E-state index contributed by atoms with van der Waals surface area (Å²) in [6, 6.07) is 3.50. The van der Waals surface area contributed by atoms with Gasteiger partial charge in [-0.1, -0.05) is 17.7 Å². The molecule has 1 aromatic rings. The van der Waals surface area contributed by atoms with Gasteiger partial charge in [-0.25, -0.2) is 0 Å². The molecule has 0 aliphatic carbocycles. The maximum atomic E-state index is 12.3. The third-order valence-electron chi connectivity index (χ3n) is 2.36. The molecule has 0 aromatic carbocycles. The quantitative estimate of drug-likeness (QED) is 0.262. The number of alkyl halides is 1. The summed E-state index contributed by atoms with van der Waals surface area (Å²) in [5.41, 5.74) is 0.748. The zero-order valence-corrected chi connectivity index (χ0v) is 15.0. The molecule has 1 rings (SSSR count). The predicted molar refractivity (Wildman–Crippen MR) is 90.8 cm³/mol. The molecule has 1 unspecified atom stereocenters. The number of pyridine rings is 1. The first kappa shape index (κ1) is 17.2. The van der Waals surface area contributed by atoms with Crippen molar-refractivity contribution in [2.75, 3.05) is 0 Å². The van der Waals surface area contributed by atoms with Crippen molar-refractivity contribution in [3.05, 3.63) is 41.7 Å². The maximum absolute atomic E-state index is 12.3. The third kappa shape index (κ3) is 4.90. The van der Waals surface area contributed by atoms with E-state index in [2.05, 4.69) is 38.9 Å². The Bertz CT molecular complexity index is 453. The zero-order chi connectivity index (χ0) is 14.7. The van der Waals surface area contributed by atoms with Crippen LogP contribution in [0, 0.1) is 0 Å². The van der Waals surface area contributed by atoms with E-state index in [4.69, 9.17) is 11.6 Å². The summed E-state index contributed by atoms with van der Waals surface area (Å²) in [5.74, 6) is 0. The van der Waals surface area contributed by atoms with Gasteiger partial charge in [0.2, 0.25) is 0 Å². The summed E-state index contributed by atoms with van der Waals surface area (Å²) >= 11 is 7.02. The van der Waals surface area contributed by atoms with Gasteiger partial charge in [0.25, 0.3) is 0 Å². The van der Waals surface area contributed by atoms with Gasteiger partial charge >= 0.3 is 0 Å². The number of aromatic nitrogens is 1. The molecule has 3 nitrogen and oxygen atoms in total. The maximum Gasteiger partial charge on any atom is 0.159 e. The molecular weight excluding hydrogens is 395 g/mol. The molecule has 0 bridgehead atoms. The normalized spacial score (nSPS) is 16.7. The Kier molecular flexibility index (Phi) is 6.13. The molecule has 0 saturated heterocycles. The predicted octanol–water partition coefficient (Wildman–Crippen LogP) is 3.95. The smallest absolute Gasteiger partial charge is 0.159 e. The van der Waals surface area contributed by atoms with Gasteiger partial charge in [0.1, 0.15) is 4.75 Å². The van der Waals surface area contributed by atoms with Gasteiger partial charge in [-0.3, -0.25) is 4.98 Å². The standard InChI is InChI=1S/C13H18ClIN2OS/c1-5-7-13(15,17-19(18)12(2,3)4)11-9-10(14)6-8-16-11/h5-6,8-9,17H,1,7H2,2-4H3/t13?,19-/m0/s1. The summed E-state index contributed by atoms with van der Waals surface area (Å²) < 4.78 is 14.5. The van der Waals surface area contributed by atoms with E-state index < -0.39 is 14.9 Å². The van der Waals surface area contributed by atoms with Crippen molar-refractivity contribution in [3.63, 3.8) is 0 Å². The fourth-order valence-corrected chi connectivity index (χ4v) is 3.47. The first-order valence-electron chi connectivity index (χ1n) is 5.80. The minimum absolute atomic E-state index is 0.351. The molecule has 106 valence electrons. The molecule has 0 aliphatic heterocycles. The molecular formula is C13H18ClIN2OS. The number of hydrogen-bond acceptors (Lipinski definition) is 3. The van der Waals surface area contributed by atoms with Gasteiger partial charge < -0.3 is 4.55 Å². The Morgan fingerprint density at radius 2 is 2.21 bits per heavy atom. The Balaban J connectivity index is 3.07. The van der Waals surface area contributed by atoms with Crippen molar-refractivity contribution in [1.82, 2.24) is 9.71 Å². The molecule has 2 atom stereocenters. The van der Waals surface area contributed by atoms with Crippen LogP contribution in [0.2, 0.25) is 5.02 Å². The molecule has 0 saturated carbocycles. The summed E-state index contributed by atoms with van der Waals surface area (Å²) in [6.45, 7) is 9.53. The highest BCUT2D eigenvalue weighted by molar-refractivity contribution is 14.1. The second kappa shape index (κ2) is 6.76. The van der Waals surface area contributed by atoms with Crippen LogP contribution < -0.4 is 4.72 Å². The first-order chi connectivity index (χ1) is 8.69. The lowest BCUT2D eigenvalue weighted by Gasteiger charge is -2.32. The molecule has 1 N–H and O–H groups in total. The number of rotatable bonds is 5. The van der Waals surface area contributed by atoms with Crippen molar-refractivity contribution in [2.24, 2.45) is 0 Å². The van der Waals surface area contributed by atoms with Gasteiger partial charge in [-0.2, -0.15) is 0 Å². The Hall–Kier alpha value is 0.180. The fourth-order valence-electron chi connectivity index (χ4n) is 1.32. The van der Waals surface area contributed by atoms with Crippen molar-refractivity contribution < 1.29 is 4.55 Å². The van der Waals surface area contributed by atoms with Gasteiger partial charge in [-0.05, 0) is 55.5 Å². The van der Waals surface area contributed by atoms with Crippen LogP contribution in [-0.2, 0) is 14.9 Å². The van der Waals surface area contributed by atoms with Crippen molar-refractivity contribution in [2.45, 2.75) is 35.5 Å². The van der Waals surface area contributed by atoms with Crippen LogP contribution >= 0.6 is 34.2 Å². The molecule has 0 amide bonds. The number of nitrogens with one attached hydrogen (secondary N) is 1. The van der Waals surface area contributed by atoms with Crippen LogP contribution in [0.3, 0.4) is 0 Å². The lowest BCUT2D eigenvalue weighted by molar-refractivity contribution is 0.513. The molecule has 1 heterocycles. The van der Waals surface area contributed by atoms with E-state index >= 15 is 0 Å². The van der Waals surface area contributed by atoms with Crippen LogP contribution in [0.1, 0.15) is 32.9 Å². The summed E-state index contributed by atoms with van der Waals surface area (Å²) in [7, 11) is 0. The van der Waals surface area contributed by atoms with E-state index in [-0.39, 0.29) is 4.75 Å². The van der Waals surface area contributed by atoms with Crippen LogP contribution in [0.5, 0.6) is 0 Å². The second-order valence-electron chi connectivity index (χ2n) is 5.14. The lowest BCUT2D eigenvalue weighted by atomic mass is 10.1. The van der Waals surface area contributed by atoms with E-state index in [1.807, 2.05) is 20.8 Å². The molecule has 0 aliphatic rings. The van der Waals surface area contributed by atoms with Crippen LogP contribution in [0.25, 0.3) is 0 Å². The molecule has 0 fully saturated rings. The highest BCUT2D eigenvalue weighted by Gasteiger charge is 2.38. The van der Waals surface area contributed by atoms with Crippen molar-refractivity contribution in [1.29, 1.82) is 0 Å². The van der Waals surface area contributed by atoms with E-state index in [0.717, 1.165) is 5.69 Å². The van der Waals surface area contributed by atoms with E-state index in [0.29, 0.717) is 11.4 Å².